The number of aryl methyl sites for hydroxylation is 2. The second kappa shape index (κ2) is 5.71. The lowest BCUT2D eigenvalue weighted by molar-refractivity contribution is 0.249. The van der Waals surface area contributed by atoms with Crippen LogP contribution in [0.2, 0.25) is 0 Å². The average Bonchev–Trinajstić information content (AvgIpc) is 2.31. The fraction of sp³-hybridized carbons (Fsp3) is 0.571. The first kappa shape index (κ1) is 15.3. The van der Waals surface area contributed by atoms with Gasteiger partial charge in [-0.3, -0.25) is 0 Å². The van der Waals surface area contributed by atoms with E-state index in [9.17, 15) is 8.42 Å². The molecule has 0 atom stereocenters. The van der Waals surface area contributed by atoms with Crippen molar-refractivity contribution in [2.75, 3.05) is 26.7 Å². The van der Waals surface area contributed by atoms with Gasteiger partial charge in [0.1, 0.15) is 5.75 Å². The lowest BCUT2D eigenvalue weighted by atomic mass is 10.1. The van der Waals surface area contributed by atoms with Crippen LogP contribution in [0.25, 0.3) is 0 Å². The minimum absolute atomic E-state index is 0.0610. The van der Waals surface area contributed by atoms with E-state index in [1.807, 2.05) is 20.8 Å². The Morgan fingerprint density at radius 1 is 1.30 bits per heavy atom. The number of hydrogen-bond acceptors (Lipinski definition) is 4. The molecule has 0 bridgehead atoms. The number of sulfonamides is 1. The molecule has 0 spiro atoms. The summed E-state index contributed by atoms with van der Waals surface area (Å²) in [5.74, 6) is 0.687. The zero-order valence-electron chi connectivity index (χ0n) is 12.4. The topological polar surface area (TPSA) is 58.6 Å². The summed E-state index contributed by atoms with van der Waals surface area (Å²) in [4.78, 5) is 0.409. The maximum absolute atomic E-state index is 12.9. The molecule has 112 valence electrons. The van der Waals surface area contributed by atoms with Crippen molar-refractivity contribution in [2.24, 2.45) is 0 Å². The van der Waals surface area contributed by atoms with Crippen LogP contribution in [-0.2, 0) is 10.0 Å². The van der Waals surface area contributed by atoms with Crippen molar-refractivity contribution in [3.63, 3.8) is 0 Å². The Hall–Kier alpha value is -1.11. The average molecular weight is 298 g/mol. The van der Waals surface area contributed by atoms with Crippen molar-refractivity contribution in [3.8, 4) is 5.75 Å². The molecule has 1 heterocycles. The van der Waals surface area contributed by atoms with E-state index in [-0.39, 0.29) is 6.04 Å². The number of rotatable bonds is 5. The van der Waals surface area contributed by atoms with Crippen LogP contribution in [0, 0.1) is 13.8 Å². The van der Waals surface area contributed by atoms with Gasteiger partial charge in [0.25, 0.3) is 0 Å². The summed E-state index contributed by atoms with van der Waals surface area (Å²) >= 11 is 0. The van der Waals surface area contributed by atoms with E-state index in [1.165, 1.54) is 0 Å². The van der Waals surface area contributed by atoms with Crippen LogP contribution in [0.1, 0.15) is 18.1 Å². The highest BCUT2D eigenvalue weighted by Crippen LogP contribution is 2.29. The normalized spacial score (nSPS) is 16.2. The van der Waals surface area contributed by atoms with E-state index in [0.29, 0.717) is 17.2 Å². The molecule has 0 unspecified atom stereocenters. The second-order valence-electron chi connectivity index (χ2n) is 5.11. The largest absolute Gasteiger partial charge is 0.497 e. The lowest BCUT2D eigenvalue weighted by Crippen LogP contribution is -2.58. The number of nitrogens with zero attached hydrogens (tertiary/aromatic N) is 1. The van der Waals surface area contributed by atoms with Crippen molar-refractivity contribution >= 4 is 10.0 Å². The zero-order valence-corrected chi connectivity index (χ0v) is 13.3. The third kappa shape index (κ3) is 2.55. The van der Waals surface area contributed by atoms with Gasteiger partial charge in [-0.2, -0.15) is 4.31 Å². The van der Waals surface area contributed by atoms with E-state index in [0.717, 1.165) is 24.2 Å². The van der Waals surface area contributed by atoms with Gasteiger partial charge in [-0.05, 0) is 37.1 Å². The third-order valence-electron chi connectivity index (χ3n) is 3.72. The molecule has 6 heteroatoms. The summed E-state index contributed by atoms with van der Waals surface area (Å²) in [7, 11) is -1.88. The lowest BCUT2D eigenvalue weighted by Gasteiger charge is -2.37. The van der Waals surface area contributed by atoms with Crippen molar-refractivity contribution in [2.45, 2.75) is 31.7 Å². The number of likely N-dealkylation sites (N-methyl/N-ethyl adjacent to an activating group) is 1. The minimum Gasteiger partial charge on any atom is -0.497 e. The van der Waals surface area contributed by atoms with Gasteiger partial charge in [-0.15, -0.1) is 0 Å². The quantitative estimate of drug-likeness (QED) is 0.890. The molecule has 20 heavy (non-hydrogen) atoms. The summed E-state index contributed by atoms with van der Waals surface area (Å²) in [6.45, 7) is 7.44. The Labute approximate surface area is 121 Å². The molecule has 1 fully saturated rings. The molecule has 1 N–H and O–H groups in total. The van der Waals surface area contributed by atoms with Crippen molar-refractivity contribution < 1.29 is 13.2 Å². The molecule has 0 aromatic heterocycles. The number of benzene rings is 1. The Morgan fingerprint density at radius 2 is 1.85 bits per heavy atom. The summed E-state index contributed by atoms with van der Waals surface area (Å²) in [5, 5.41) is 3.12. The van der Waals surface area contributed by atoms with Crippen LogP contribution in [0.15, 0.2) is 17.0 Å². The van der Waals surface area contributed by atoms with Crippen LogP contribution in [0.4, 0.5) is 0 Å². The molecule has 1 aliphatic heterocycles. The van der Waals surface area contributed by atoms with Gasteiger partial charge in [0.2, 0.25) is 10.0 Å². The molecule has 1 aliphatic rings. The van der Waals surface area contributed by atoms with Gasteiger partial charge in [0.15, 0.2) is 0 Å². The molecule has 0 amide bonds. The molecule has 1 saturated heterocycles. The van der Waals surface area contributed by atoms with Crippen LogP contribution < -0.4 is 10.1 Å². The fourth-order valence-electron chi connectivity index (χ4n) is 2.65. The van der Waals surface area contributed by atoms with Gasteiger partial charge >= 0.3 is 0 Å². The van der Waals surface area contributed by atoms with Gasteiger partial charge < -0.3 is 10.1 Å². The molecule has 0 aliphatic carbocycles. The van der Waals surface area contributed by atoms with Gasteiger partial charge in [-0.1, -0.05) is 6.92 Å². The van der Waals surface area contributed by atoms with Gasteiger partial charge in [-0.25, -0.2) is 8.42 Å². The Morgan fingerprint density at radius 3 is 2.20 bits per heavy atom. The number of nitrogens with one attached hydrogen (secondary N) is 1. The predicted octanol–water partition coefficient (Wildman–Crippen LogP) is 1.29. The second-order valence-corrected chi connectivity index (χ2v) is 6.94. The third-order valence-corrected chi connectivity index (χ3v) is 6.05. The monoisotopic (exact) mass is 298 g/mol. The predicted molar refractivity (Wildman–Crippen MR) is 78.7 cm³/mol. The number of hydrogen-bond donors (Lipinski definition) is 1. The first-order chi connectivity index (χ1) is 9.41. The standard InChI is InChI=1S/C14H22N2O3S/c1-5-16(12-8-15-9-12)20(17,18)14-10(2)6-13(19-4)7-11(14)3/h6-7,12,15H,5,8-9H2,1-4H3. The minimum atomic E-state index is -3.46. The van der Waals surface area contributed by atoms with Crippen molar-refractivity contribution in [1.82, 2.24) is 9.62 Å². The first-order valence-corrected chi connectivity index (χ1v) is 8.23. The van der Waals surface area contributed by atoms with E-state index < -0.39 is 10.0 Å². The molecule has 0 radical (unpaired) electrons. The number of methoxy groups -OCH3 is 1. The highest BCUT2D eigenvalue weighted by Gasteiger charge is 2.35. The number of ether oxygens (including phenoxy) is 1. The van der Waals surface area contributed by atoms with Crippen LogP contribution in [0.5, 0.6) is 5.75 Å². The maximum Gasteiger partial charge on any atom is 0.243 e. The highest BCUT2D eigenvalue weighted by molar-refractivity contribution is 7.89. The smallest absolute Gasteiger partial charge is 0.243 e. The summed E-state index contributed by atoms with van der Waals surface area (Å²) in [6, 6.07) is 3.60. The molecule has 1 aromatic carbocycles. The molecular weight excluding hydrogens is 276 g/mol. The fourth-order valence-corrected chi connectivity index (χ4v) is 4.70. The van der Waals surface area contributed by atoms with E-state index in [1.54, 1.807) is 23.5 Å². The highest BCUT2D eigenvalue weighted by atomic mass is 32.2. The summed E-state index contributed by atoms with van der Waals surface area (Å²) in [5.41, 5.74) is 1.46. The molecule has 5 nitrogen and oxygen atoms in total. The van der Waals surface area contributed by atoms with E-state index >= 15 is 0 Å². The molecular formula is C14H22N2O3S. The molecule has 0 saturated carbocycles. The Bertz CT molecular complexity index is 571. The van der Waals surface area contributed by atoms with Gasteiger partial charge in [0.05, 0.1) is 12.0 Å². The Kier molecular flexibility index (Phi) is 4.36. The van der Waals surface area contributed by atoms with Gasteiger partial charge in [0, 0.05) is 25.7 Å². The molecule has 1 aromatic rings. The van der Waals surface area contributed by atoms with Crippen molar-refractivity contribution in [3.05, 3.63) is 23.3 Å². The maximum atomic E-state index is 12.9. The first-order valence-electron chi connectivity index (χ1n) is 6.79. The van der Waals surface area contributed by atoms with Crippen LogP contribution >= 0.6 is 0 Å². The van der Waals surface area contributed by atoms with E-state index in [4.69, 9.17) is 4.74 Å². The molecule has 2 rings (SSSR count). The van der Waals surface area contributed by atoms with Crippen LogP contribution in [-0.4, -0.2) is 45.5 Å². The SMILES string of the molecule is CCN(C1CNC1)S(=O)(=O)c1c(C)cc(OC)cc1C. The summed E-state index contributed by atoms with van der Waals surface area (Å²) in [6.07, 6.45) is 0. The zero-order chi connectivity index (χ0) is 14.9. The van der Waals surface area contributed by atoms with E-state index in [2.05, 4.69) is 5.32 Å². The van der Waals surface area contributed by atoms with Crippen molar-refractivity contribution in [1.29, 1.82) is 0 Å². The van der Waals surface area contributed by atoms with Crippen LogP contribution in [0.3, 0.4) is 0 Å². The Balaban J connectivity index is 2.48. The summed E-state index contributed by atoms with van der Waals surface area (Å²) < 4.78 is 32.6.